The van der Waals surface area contributed by atoms with E-state index in [-0.39, 0.29) is 11.3 Å². The number of carbonyl (C=O) groups excluding carboxylic acids is 1. The van der Waals surface area contributed by atoms with Gasteiger partial charge in [0.15, 0.2) is 5.71 Å². The number of anilines is 1. The van der Waals surface area contributed by atoms with Gasteiger partial charge in [-0.25, -0.2) is 0 Å². The Bertz CT molecular complexity index is 1260. The Morgan fingerprint density at radius 2 is 1.87 bits per heavy atom. The van der Waals surface area contributed by atoms with Crippen molar-refractivity contribution in [3.63, 3.8) is 0 Å². The molecular formula is C24H23BrN4O. The van der Waals surface area contributed by atoms with Crippen LogP contribution in [-0.2, 0) is 16.6 Å². The van der Waals surface area contributed by atoms with Gasteiger partial charge in [0.05, 0.1) is 17.1 Å². The number of halogens is 1. The van der Waals surface area contributed by atoms with Gasteiger partial charge in [-0.2, -0.15) is 5.10 Å². The Morgan fingerprint density at radius 1 is 1.03 bits per heavy atom. The van der Waals surface area contributed by atoms with Crippen molar-refractivity contribution in [2.45, 2.75) is 45.4 Å². The minimum absolute atomic E-state index is 0.105. The number of H-pyrrole nitrogens is 1. The number of aromatic amines is 1. The highest BCUT2D eigenvalue weighted by molar-refractivity contribution is 9.10. The molecule has 3 aromatic rings. The third kappa shape index (κ3) is 3.19. The molecule has 5 rings (SSSR count). The number of nitrogens with one attached hydrogen (secondary N) is 2. The highest BCUT2D eigenvalue weighted by Gasteiger charge is 2.27. The molecule has 1 aliphatic carbocycles. The van der Waals surface area contributed by atoms with E-state index in [1.165, 1.54) is 16.5 Å². The molecule has 0 radical (unpaired) electrons. The Hall–Kier alpha value is -2.73. The Labute approximate surface area is 183 Å². The quantitative estimate of drug-likeness (QED) is 0.446. The standard InChI is InChI=1S/C24H23BrN4O/c1-24(2,3)13-7-9-18-16(11-13)15-5-4-6-20(21(15)26-18)28-29-22-17-12-14(25)8-10-19(17)27-23(22)30/h7-12,26H,4-6H2,1-3H3,(H,27,29,30). The summed E-state index contributed by atoms with van der Waals surface area (Å²) in [6.45, 7) is 6.71. The third-order valence-electron chi connectivity index (χ3n) is 5.87. The monoisotopic (exact) mass is 462 g/mol. The molecule has 0 unspecified atom stereocenters. The van der Waals surface area contributed by atoms with Gasteiger partial charge in [0.1, 0.15) is 0 Å². The highest BCUT2D eigenvalue weighted by atomic mass is 79.9. The summed E-state index contributed by atoms with van der Waals surface area (Å²) in [5.74, 6) is -0.213. The van der Waals surface area contributed by atoms with E-state index in [1.54, 1.807) is 0 Å². The van der Waals surface area contributed by atoms with Gasteiger partial charge in [0.25, 0.3) is 5.91 Å². The van der Waals surface area contributed by atoms with Crippen molar-refractivity contribution in [1.29, 1.82) is 0 Å². The molecule has 2 aliphatic rings. The summed E-state index contributed by atoms with van der Waals surface area (Å²) in [4.78, 5) is 16.0. The van der Waals surface area contributed by atoms with Crippen molar-refractivity contribution < 1.29 is 4.79 Å². The number of benzene rings is 2. The van der Waals surface area contributed by atoms with Crippen LogP contribution in [-0.4, -0.2) is 22.3 Å². The van der Waals surface area contributed by atoms with E-state index in [1.807, 2.05) is 18.2 Å². The summed E-state index contributed by atoms with van der Waals surface area (Å²) in [5.41, 5.74) is 7.74. The van der Waals surface area contributed by atoms with E-state index < -0.39 is 0 Å². The van der Waals surface area contributed by atoms with Crippen molar-refractivity contribution in [2.75, 3.05) is 5.32 Å². The Kier molecular flexibility index (Phi) is 4.43. The molecule has 5 nitrogen and oxygen atoms in total. The maximum atomic E-state index is 12.4. The average molecular weight is 463 g/mol. The molecule has 2 N–H and O–H groups in total. The zero-order valence-electron chi connectivity index (χ0n) is 17.3. The van der Waals surface area contributed by atoms with Crippen LogP contribution in [0, 0.1) is 0 Å². The van der Waals surface area contributed by atoms with Crippen LogP contribution in [0.5, 0.6) is 0 Å². The van der Waals surface area contributed by atoms with E-state index in [4.69, 9.17) is 0 Å². The summed E-state index contributed by atoms with van der Waals surface area (Å²) in [6, 6.07) is 12.3. The zero-order valence-corrected chi connectivity index (χ0v) is 18.9. The number of hydrogen-bond donors (Lipinski definition) is 2. The van der Waals surface area contributed by atoms with Crippen LogP contribution in [0.1, 0.15) is 56.0 Å². The molecule has 0 fully saturated rings. The first kappa shape index (κ1) is 19.2. The van der Waals surface area contributed by atoms with Crippen molar-refractivity contribution in [3.8, 4) is 0 Å². The summed E-state index contributed by atoms with van der Waals surface area (Å²) >= 11 is 3.47. The van der Waals surface area contributed by atoms with Gasteiger partial charge in [0.2, 0.25) is 0 Å². The van der Waals surface area contributed by atoms with Gasteiger partial charge in [-0.3, -0.25) is 4.79 Å². The van der Waals surface area contributed by atoms with Crippen LogP contribution in [0.15, 0.2) is 51.1 Å². The number of rotatable bonds is 1. The van der Waals surface area contributed by atoms with E-state index in [9.17, 15) is 4.79 Å². The van der Waals surface area contributed by atoms with Crippen LogP contribution in [0.25, 0.3) is 10.9 Å². The molecule has 1 amide bonds. The molecule has 30 heavy (non-hydrogen) atoms. The van der Waals surface area contributed by atoms with Crippen LogP contribution in [0.2, 0.25) is 0 Å². The molecule has 2 heterocycles. The molecule has 1 aromatic heterocycles. The average Bonchev–Trinajstić information content (AvgIpc) is 3.22. The molecule has 1 aliphatic heterocycles. The molecule has 0 spiro atoms. The van der Waals surface area contributed by atoms with Gasteiger partial charge in [-0.15, -0.1) is 5.10 Å². The lowest BCUT2D eigenvalue weighted by molar-refractivity contribution is -0.110. The number of aryl methyl sites for hydroxylation is 1. The smallest absolute Gasteiger partial charge is 0.276 e. The summed E-state index contributed by atoms with van der Waals surface area (Å²) in [6.07, 6.45) is 2.89. The minimum atomic E-state index is -0.213. The predicted octanol–water partition coefficient (Wildman–Crippen LogP) is 5.71. The fraction of sp³-hybridized carbons (Fsp3) is 0.292. The first-order chi connectivity index (χ1) is 14.3. The second kappa shape index (κ2) is 6.91. The van der Waals surface area contributed by atoms with Gasteiger partial charge in [0, 0.05) is 20.9 Å². The molecule has 0 atom stereocenters. The Balaban J connectivity index is 1.59. The first-order valence-electron chi connectivity index (χ1n) is 10.2. The topological polar surface area (TPSA) is 69.6 Å². The normalized spacial score (nSPS) is 18.7. The zero-order chi connectivity index (χ0) is 21.0. The fourth-order valence-electron chi connectivity index (χ4n) is 4.21. The number of amides is 1. The molecule has 2 aromatic carbocycles. The molecular weight excluding hydrogens is 440 g/mol. The van der Waals surface area contributed by atoms with Gasteiger partial charge < -0.3 is 10.3 Å². The number of fused-ring (bicyclic) bond motifs is 4. The second-order valence-corrected chi connectivity index (χ2v) is 9.90. The first-order valence-corrected chi connectivity index (χ1v) is 11.0. The molecule has 0 saturated carbocycles. The third-order valence-corrected chi connectivity index (χ3v) is 6.37. The number of hydrogen-bond acceptors (Lipinski definition) is 3. The number of carbonyl (C=O) groups is 1. The van der Waals surface area contributed by atoms with Gasteiger partial charge in [-0.05, 0) is 66.1 Å². The van der Waals surface area contributed by atoms with Crippen LogP contribution < -0.4 is 5.32 Å². The Morgan fingerprint density at radius 3 is 2.67 bits per heavy atom. The van der Waals surface area contributed by atoms with Crippen molar-refractivity contribution in [2.24, 2.45) is 10.2 Å². The lowest BCUT2D eigenvalue weighted by Crippen LogP contribution is -2.15. The van der Waals surface area contributed by atoms with E-state index in [0.29, 0.717) is 5.71 Å². The lowest BCUT2D eigenvalue weighted by atomic mass is 9.85. The summed E-state index contributed by atoms with van der Waals surface area (Å²) < 4.78 is 0.906. The van der Waals surface area contributed by atoms with Crippen molar-refractivity contribution >= 4 is 49.9 Å². The molecule has 0 bridgehead atoms. The predicted molar refractivity (Wildman–Crippen MR) is 126 cm³/mol. The van der Waals surface area contributed by atoms with Crippen molar-refractivity contribution in [1.82, 2.24) is 4.98 Å². The van der Waals surface area contributed by atoms with Crippen molar-refractivity contribution in [3.05, 3.63) is 63.3 Å². The highest BCUT2D eigenvalue weighted by Crippen LogP contribution is 2.33. The van der Waals surface area contributed by atoms with Crippen LogP contribution in [0.3, 0.4) is 0 Å². The van der Waals surface area contributed by atoms with E-state index in [2.05, 4.69) is 75.4 Å². The maximum Gasteiger partial charge on any atom is 0.276 e. The molecule has 0 saturated heterocycles. The summed E-state index contributed by atoms with van der Waals surface area (Å²) in [5, 5.41) is 13.1. The number of aromatic nitrogens is 1. The SMILES string of the molecule is CC(C)(C)c1ccc2[nH]c3c(c2c1)CCCC3=NN=C1C(=O)Nc2ccc(Br)cc21. The number of nitrogens with zero attached hydrogens (tertiary/aromatic N) is 2. The minimum Gasteiger partial charge on any atom is -0.353 e. The largest absolute Gasteiger partial charge is 0.353 e. The van der Waals surface area contributed by atoms with Crippen LogP contribution >= 0.6 is 15.9 Å². The van der Waals surface area contributed by atoms with E-state index >= 15 is 0 Å². The lowest BCUT2D eigenvalue weighted by Gasteiger charge is -2.19. The molecule has 152 valence electrons. The second-order valence-electron chi connectivity index (χ2n) is 8.98. The van der Waals surface area contributed by atoms with Gasteiger partial charge in [-0.1, -0.05) is 42.8 Å². The maximum absolute atomic E-state index is 12.4. The molecule has 6 heteroatoms. The van der Waals surface area contributed by atoms with E-state index in [0.717, 1.165) is 51.9 Å². The fourth-order valence-corrected chi connectivity index (χ4v) is 4.57. The summed E-state index contributed by atoms with van der Waals surface area (Å²) in [7, 11) is 0. The van der Waals surface area contributed by atoms with Gasteiger partial charge >= 0.3 is 0 Å². The van der Waals surface area contributed by atoms with Crippen LogP contribution in [0.4, 0.5) is 5.69 Å².